The normalized spacial score (nSPS) is 20.9. The first-order valence-corrected chi connectivity index (χ1v) is 10.4. The summed E-state index contributed by atoms with van der Waals surface area (Å²) >= 11 is 6.25. The number of benzene rings is 3. The number of imide groups is 2. The lowest BCUT2D eigenvalue weighted by atomic mass is 9.73. The summed E-state index contributed by atoms with van der Waals surface area (Å²) in [6.45, 7) is 2.01. The van der Waals surface area contributed by atoms with Gasteiger partial charge in [0.2, 0.25) is 5.91 Å². The topological polar surface area (TPSA) is 69.7 Å². The van der Waals surface area contributed by atoms with Gasteiger partial charge in [0.1, 0.15) is 0 Å². The van der Waals surface area contributed by atoms with E-state index in [2.05, 4.69) is 5.32 Å². The predicted molar refractivity (Wildman–Crippen MR) is 121 cm³/mol. The van der Waals surface area contributed by atoms with Crippen molar-refractivity contribution in [3.8, 4) is 0 Å². The highest BCUT2D eigenvalue weighted by molar-refractivity contribution is 6.33. The zero-order valence-corrected chi connectivity index (χ0v) is 17.9. The number of fused-ring (bicyclic) bond motifs is 3. The number of hydrogen-bond donors (Lipinski definition) is 1. The number of carbonyl (C=O) groups excluding carboxylic acids is 3. The van der Waals surface area contributed by atoms with Crippen molar-refractivity contribution in [1.82, 2.24) is 5.32 Å². The summed E-state index contributed by atoms with van der Waals surface area (Å²) in [4.78, 5) is 42.6. The van der Waals surface area contributed by atoms with Gasteiger partial charge in [-0.2, -0.15) is 0 Å². The third-order valence-electron chi connectivity index (χ3n) is 6.30. The number of urea groups is 1. The highest BCUT2D eigenvalue weighted by Gasteiger charge is 2.57. The molecule has 6 nitrogen and oxygen atoms in total. The molecule has 4 amide bonds. The Hall–Kier alpha value is -3.38. The standard InChI is InChI=1S/C24H20ClN3O3/c1-14-7-9-16(11-19(14)25)28-22(30)24(21(29)26-23(28)31)12-18-17-6-4-3-5-15(17)8-10-20(18)27(2)13-24/h3-11H,12-13H2,1-2H3,(H,26,29,31)/t24-/m0/s1. The Morgan fingerprint density at radius 2 is 1.81 bits per heavy atom. The van der Waals surface area contributed by atoms with E-state index in [-0.39, 0.29) is 13.0 Å². The summed E-state index contributed by atoms with van der Waals surface area (Å²) in [5.41, 5.74) is 1.66. The number of hydrogen-bond acceptors (Lipinski definition) is 4. The summed E-state index contributed by atoms with van der Waals surface area (Å²) in [6, 6.07) is 16.2. The molecule has 0 aromatic heterocycles. The van der Waals surface area contributed by atoms with E-state index in [0.29, 0.717) is 10.7 Å². The van der Waals surface area contributed by atoms with Gasteiger partial charge in [0, 0.05) is 30.7 Å². The molecule has 1 fully saturated rings. The number of aryl methyl sites for hydroxylation is 1. The van der Waals surface area contributed by atoms with Crippen LogP contribution in [0.3, 0.4) is 0 Å². The van der Waals surface area contributed by atoms with Crippen LogP contribution in [-0.2, 0) is 16.0 Å². The second-order valence-electron chi connectivity index (χ2n) is 8.23. The van der Waals surface area contributed by atoms with Crippen molar-refractivity contribution in [2.24, 2.45) is 5.41 Å². The van der Waals surface area contributed by atoms with E-state index < -0.39 is 23.3 Å². The number of nitrogens with zero attached hydrogens (tertiary/aromatic N) is 2. The molecule has 0 radical (unpaired) electrons. The third-order valence-corrected chi connectivity index (χ3v) is 6.70. The molecule has 1 N–H and O–H groups in total. The van der Waals surface area contributed by atoms with Gasteiger partial charge in [0.15, 0.2) is 5.41 Å². The van der Waals surface area contributed by atoms with Crippen LogP contribution >= 0.6 is 11.6 Å². The molecule has 156 valence electrons. The Labute approximate surface area is 184 Å². The van der Waals surface area contributed by atoms with Gasteiger partial charge in [0.05, 0.1) is 5.69 Å². The minimum absolute atomic E-state index is 0.173. The number of carbonyl (C=O) groups is 3. The smallest absolute Gasteiger partial charge is 0.335 e. The van der Waals surface area contributed by atoms with Crippen molar-refractivity contribution in [2.75, 3.05) is 23.4 Å². The van der Waals surface area contributed by atoms with Gasteiger partial charge in [0.25, 0.3) is 5.91 Å². The second kappa shape index (κ2) is 6.82. The molecule has 5 rings (SSSR count). The fourth-order valence-electron chi connectivity index (χ4n) is 4.64. The van der Waals surface area contributed by atoms with E-state index >= 15 is 0 Å². The maximum Gasteiger partial charge on any atom is 0.335 e. The fourth-order valence-corrected chi connectivity index (χ4v) is 4.82. The van der Waals surface area contributed by atoms with Crippen LogP contribution in [0.25, 0.3) is 10.8 Å². The van der Waals surface area contributed by atoms with Crippen LogP contribution in [0.1, 0.15) is 11.1 Å². The summed E-state index contributed by atoms with van der Waals surface area (Å²) in [5.74, 6) is -1.10. The monoisotopic (exact) mass is 433 g/mol. The Morgan fingerprint density at radius 3 is 2.58 bits per heavy atom. The van der Waals surface area contributed by atoms with Crippen molar-refractivity contribution >= 4 is 51.6 Å². The molecule has 0 saturated carbocycles. The third kappa shape index (κ3) is 2.82. The minimum Gasteiger partial charge on any atom is -0.373 e. The average Bonchev–Trinajstić information content (AvgIpc) is 2.75. The molecule has 2 aliphatic heterocycles. The van der Waals surface area contributed by atoms with Crippen molar-refractivity contribution in [1.29, 1.82) is 0 Å². The van der Waals surface area contributed by atoms with Gasteiger partial charge >= 0.3 is 6.03 Å². The van der Waals surface area contributed by atoms with Crippen LogP contribution in [0.5, 0.6) is 0 Å². The van der Waals surface area contributed by atoms with E-state index in [1.54, 1.807) is 18.2 Å². The quantitative estimate of drug-likeness (QED) is 0.587. The Morgan fingerprint density at radius 1 is 1.03 bits per heavy atom. The van der Waals surface area contributed by atoms with E-state index in [4.69, 9.17) is 11.6 Å². The summed E-state index contributed by atoms with van der Waals surface area (Å²) in [6.07, 6.45) is 0.210. The molecule has 2 heterocycles. The molecule has 7 heteroatoms. The Bertz CT molecular complexity index is 1290. The zero-order valence-electron chi connectivity index (χ0n) is 17.1. The maximum absolute atomic E-state index is 13.8. The molecule has 31 heavy (non-hydrogen) atoms. The van der Waals surface area contributed by atoms with E-state index in [1.165, 1.54) is 0 Å². The first kappa shape index (κ1) is 19.6. The molecule has 1 atom stereocenters. The van der Waals surface area contributed by atoms with Crippen molar-refractivity contribution in [2.45, 2.75) is 13.3 Å². The fraction of sp³-hybridized carbons (Fsp3) is 0.208. The van der Waals surface area contributed by atoms with Gasteiger partial charge in [-0.15, -0.1) is 0 Å². The number of rotatable bonds is 1. The number of amides is 4. The van der Waals surface area contributed by atoms with Gasteiger partial charge in [-0.25, -0.2) is 9.69 Å². The minimum atomic E-state index is -1.42. The molecule has 2 aliphatic rings. The number of halogens is 1. The molecule has 0 aliphatic carbocycles. The van der Waals surface area contributed by atoms with Crippen LogP contribution in [0.4, 0.5) is 16.2 Å². The van der Waals surface area contributed by atoms with Gasteiger partial charge in [-0.05, 0) is 47.0 Å². The van der Waals surface area contributed by atoms with E-state index in [0.717, 1.165) is 32.5 Å². The van der Waals surface area contributed by atoms with Gasteiger partial charge in [-0.3, -0.25) is 14.9 Å². The highest BCUT2D eigenvalue weighted by Crippen LogP contribution is 2.43. The number of nitrogens with one attached hydrogen (secondary N) is 1. The van der Waals surface area contributed by atoms with Crippen molar-refractivity contribution < 1.29 is 14.4 Å². The molecule has 3 aromatic carbocycles. The first-order chi connectivity index (χ1) is 14.8. The van der Waals surface area contributed by atoms with Crippen LogP contribution in [0.2, 0.25) is 5.02 Å². The molecule has 1 saturated heterocycles. The zero-order chi connectivity index (χ0) is 21.9. The van der Waals surface area contributed by atoms with Crippen LogP contribution in [-0.4, -0.2) is 31.4 Å². The Balaban J connectivity index is 1.65. The lowest BCUT2D eigenvalue weighted by Crippen LogP contribution is -2.68. The lowest BCUT2D eigenvalue weighted by Gasteiger charge is -2.45. The first-order valence-electron chi connectivity index (χ1n) is 10.00. The summed E-state index contributed by atoms with van der Waals surface area (Å²) in [7, 11) is 1.86. The summed E-state index contributed by atoms with van der Waals surface area (Å²) < 4.78 is 0. The predicted octanol–water partition coefficient (Wildman–Crippen LogP) is 4.06. The van der Waals surface area contributed by atoms with E-state index in [1.807, 2.05) is 55.3 Å². The molecule has 0 bridgehead atoms. The van der Waals surface area contributed by atoms with Crippen molar-refractivity contribution in [3.63, 3.8) is 0 Å². The van der Waals surface area contributed by atoms with Crippen LogP contribution in [0.15, 0.2) is 54.6 Å². The van der Waals surface area contributed by atoms with E-state index in [9.17, 15) is 14.4 Å². The van der Waals surface area contributed by atoms with Gasteiger partial charge in [-0.1, -0.05) is 48.0 Å². The average molecular weight is 434 g/mol. The Kier molecular flexibility index (Phi) is 4.31. The van der Waals surface area contributed by atoms with Crippen molar-refractivity contribution in [3.05, 3.63) is 70.7 Å². The molecular formula is C24H20ClN3O3. The lowest BCUT2D eigenvalue weighted by molar-refractivity contribution is -0.142. The molecule has 1 spiro atoms. The molecule has 3 aromatic rings. The van der Waals surface area contributed by atoms with Crippen LogP contribution < -0.4 is 15.1 Å². The second-order valence-corrected chi connectivity index (χ2v) is 8.64. The maximum atomic E-state index is 13.8. The highest BCUT2D eigenvalue weighted by atomic mass is 35.5. The van der Waals surface area contributed by atoms with Gasteiger partial charge < -0.3 is 4.90 Å². The number of anilines is 2. The summed E-state index contributed by atoms with van der Waals surface area (Å²) in [5, 5.41) is 4.88. The largest absolute Gasteiger partial charge is 0.373 e. The molecule has 0 unspecified atom stereocenters. The van der Waals surface area contributed by atoms with Crippen LogP contribution in [0, 0.1) is 12.3 Å². The SMILES string of the molecule is Cc1ccc(N2C(=O)NC(=O)[C@@]3(Cc4c(ccc5ccccc45)N(C)C3)C2=O)cc1Cl. The number of barbiturate groups is 1. The molecular weight excluding hydrogens is 414 g/mol.